The molecule has 1 saturated heterocycles. The number of nitrogens with one attached hydrogen (secondary N) is 1. The minimum Gasteiger partial charge on any atom is -0.342 e. The van der Waals surface area contributed by atoms with Gasteiger partial charge in [0.05, 0.1) is 0 Å². The molecule has 2 aromatic carbocycles. The lowest BCUT2D eigenvalue weighted by atomic mass is 10.1. The van der Waals surface area contributed by atoms with Gasteiger partial charge in [-0.2, -0.15) is 0 Å². The summed E-state index contributed by atoms with van der Waals surface area (Å²) in [5, 5.41) is 2.85. The molecule has 1 aliphatic rings. The topological polar surface area (TPSA) is 69.7 Å². The van der Waals surface area contributed by atoms with E-state index in [1.54, 1.807) is 34.1 Å². The summed E-state index contributed by atoms with van der Waals surface area (Å²) in [6, 6.07) is 14.3. The van der Waals surface area contributed by atoms with E-state index in [9.17, 15) is 14.4 Å². The zero-order valence-corrected chi connectivity index (χ0v) is 14.6. The number of hydrogen-bond donors (Lipinski definition) is 1. The van der Waals surface area contributed by atoms with Gasteiger partial charge in [0.15, 0.2) is 0 Å². The molecule has 2 aromatic rings. The van der Waals surface area contributed by atoms with Gasteiger partial charge in [0.2, 0.25) is 6.41 Å². The Kier molecular flexibility index (Phi) is 5.31. The van der Waals surface area contributed by atoms with Crippen LogP contribution in [-0.2, 0) is 4.79 Å². The van der Waals surface area contributed by atoms with Crippen LogP contribution in [0.25, 0.3) is 0 Å². The van der Waals surface area contributed by atoms with Gasteiger partial charge in [-0.3, -0.25) is 14.4 Å². The van der Waals surface area contributed by atoms with Crippen LogP contribution in [-0.4, -0.2) is 54.2 Å². The molecule has 1 aliphatic heterocycles. The van der Waals surface area contributed by atoms with E-state index < -0.39 is 0 Å². The van der Waals surface area contributed by atoms with E-state index in [0.29, 0.717) is 37.3 Å². The van der Waals surface area contributed by atoms with Crippen molar-refractivity contribution in [1.82, 2.24) is 9.80 Å². The number of hydrogen-bond acceptors (Lipinski definition) is 3. The zero-order chi connectivity index (χ0) is 18.5. The number of carbonyl (C=O) groups excluding carboxylic acids is 3. The van der Waals surface area contributed by atoms with E-state index >= 15 is 0 Å². The van der Waals surface area contributed by atoms with Crippen LogP contribution in [0.2, 0.25) is 0 Å². The first-order chi connectivity index (χ1) is 12.6. The van der Waals surface area contributed by atoms with Crippen molar-refractivity contribution >= 4 is 23.9 Å². The van der Waals surface area contributed by atoms with Crippen molar-refractivity contribution in [2.45, 2.75) is 6.92 Å². The molecule has 26 heavy (non-hydrogen) atoms. The summed E-state index contributed by atoms with van der Waals surface area (Å²) in [6.45, 7) is 4.01. The molecule has 6 heteroatoms. The van der Waals surface area contributed by atoms with Crippen molar-refractivity contribution in [3.63, 3.8) is 0 Å². The van der Waals surface area contributed by atoms with Gasteiger partial charge in [0.1, 0.15) is 0 Å². The van der Waals surface area contributed by atoms with Crippen molar-refractivity contribution in [2.75, 3.05) is 31.5 Å². The monoisotopic (exact) mass is 351 g/mol. The first-order valence-electron chi connectivity index (χ1n) is 8.53. The van der Waals surface area contributed by atoms with Gasteiger partial charge in [-0.05, 0) is 42.8 Å². The first-order valence-corrected chi connectivity index (χ1v) is 8.53. The number of anilines is 1. The highest BCUT2D eigenvalue weighted by atomic mass is 16.2. The lowest BCUT2D eigenvalue weighted by molar-refractivity contribution is -0.119. The molecule has 1 heterocycles. The predicted molar refractivity (Wildman–Crippen MR) is 99.1 cm³/mol. The third kappa shape index (κ3) is 4.08. The molecule has 1 N–H and O–H groups in total. The molecule has 6 nitrogen and oxygen atoms in total. The van der Waals surface area contributed by atoms with Crippen LogP contribution in [0.5, 0.6) is 0 Å². The van der Waals surface area contributed by atoms with Crippen molar-refractivity contribution in [1.29, 1.82) is 0 Å². The Bertz CT molecular complexity index is 827. The minimum atomic E-state index is -0.254. The number of nitrogens with zero attached hydrogens (tertiary/aromatic N) is 2. The summed E-state index contributed by atoms with van der Waals surface area (Å²) in [7, 11) is 0. The Morgan fingerprint density at radius 3 is 2.35 bits per heavy atom. The van der Waals surface area contributed by atoms with Gasteiger partial charge in [-0.15, -0.1) is 0 Å². The summed E-state index contributed by atoms with van der Waals surface area (Å²) in [5.74, 6) is -0.378. The quantitative estimate of drug-likeness (QED) is 0.858. The largest absolute Gasteiger partial charge is 0.342 e. The van der Waals surface area contributed by atoms with Crippen molar-refractivity contribution in [2.24, 2.45) is 0 Å². The van der Waals surface area contributed by atoms with E-state index in [2.05, 4.69) is 5.32 Å². The van der Waals surface area contributed by atoms with Crippen molar-refractivity contribution in [3.05, 3.63) is 65.2 Å². The second kappa shape index (κ2) is 7.82. The smallest absolute Gasteiger partial charge is 0.255 e. The molecule has 0 bridgehead atoms. The third-order valence-corrected chi connectivity index (χ3v) is 4.40. The molecule has 0 aliphatic carbocycles. The van der Waals surface area contributed by atoms with E-state index in [-0.39, 0.29) is 11.8 Å². The average Bonchev–Trinajstić information content (AvgIpc) is 2.67. The minimum absolute atomic E-state index is 0.124. The van der Waals surface area contributed by atoms with Crippen LogP contribution in [0.4, 0.5) is 5.69 Å². The Labute approximate surface area is 152 Å². The Morgan fingerprint density at radius 2 is 1.65 bits per heavy atom. The summed E-state index contributed by atoms with van der Waals surface area (Å²) >= 11 is 0. The Balaban J connectivity index is 1.70. The van der Waals surface area contributed by atoms with Crippen LogP contribution >= 0.6 is 0 Å². The molecule has 0 radical (unpaired) electrons. The normalized spacial score (nSPS) is 14.0. The third-order valence-electron chi connectivity index (χ3n) is 4.40. The molecule has 0 saturated carbocycles. The summed E-state index contributed by atoms with van der Waals surface area (Å²) in [4.78, 5) is 39.3. The van der Waals surface area contributed by atoms with Crippen molar-refractivity contribution < 1.29 is 14.4 Å². The Hall–Kier alpha value is -3.15. The van der Waals surface area contributed by atoms with E-state index in [0.717, 1.165) is 17.7 Å². The van der Waals surface area contributed by atoms with Crippen LogP contribution in [0.1, 0.15) is 26.3 Å². The number of rotatable bonds is 4. The molecule has 1 fully saturated rings. The maximum Gasteiger partial charge on any atom is 0.255 e. The SMILES string of the molecule is Cc1cccc(NC(=O)c2cccc(C(=O)N3CCN(C=O)CC3)c2)c1. The van der Waals surface area contributed by atoms with E-state index in [4.69, 9.17) is 0 Å². The second-order valence-electron chi connectivity index (χ2n) is 6.34. The highest BCUT2D eigenvalue weighted by molar-refractivity contribution is 6.06. The fraction of sp³-hybridized carbons (Fsp3) is 0.250. The van der Waals surface area contributed by atoms with Crippen LogP contribution < -0.4 is 5.32 Å². The van der Waals surface area contributed by atoms with Crippen LogP contribution in [0.15, 0.2) is 48.5 Å². The van der Waals surface area contributed by atoms with Crippen molar-refractivity contribution in [3.8, 4) is 0 Å². The maximum absolute atomic E-state index is 12.7. The standard InChI is InChI=1S/C20H21N3O3/c1-15-4-2-7-18(12-15)21-19(25)16-5-3-6-17(13-16)20(26)23-10-8-22(14-24)9-11-23/h2-7,12-14H,8-11H2,1H3,(H,21,25). The molecule has 0 spiro atoms. The van der Waals surface area contributed by atoms with Gasteiger partial charge in [-0.1, -0.05) is 18.2 Å². The predicted octanol–water partition coefficient (Wildman–Crippen LogP) is 2.16. The van der Waals surface area contributed by atoms with Crippen LogP contribution in [0, 0.1) is 6.92 Å². The molecule has 0 unspecified atom stereocenters. The molecular weight excluding hydrogens is 330 g/mol. The molecule has 134 valence electrons. The number of piperazine rings is 1. The zero-order valence-electron chi connectivity index (χ0n) is 14.6. The molecule has 0 aromatic heterocycles. The van der Waals surface area contributed by atoms with Crippen LogP contribution in [0.3, 0.4) is 0 Å². The van der Waals surface area contributed by atoms with Gasteiger partial charge >= 0.3 is 0 Å². The number of amides is 3. The molecule has 0 atom stereocenters. The maximum atomic E-state index is 12.7. The lowest BCUT2D eigenvalue weighted by Gasteiger charge is -2.32. The van der Waals surface area contributed by atoms with Gasteiger partial charge in [0, 0.05) is 43.0 Å². The summed E-state index contributed by atoms with van der Waals surface area (Å²) < 4.78 is 0. The number of benzene rings is 2. The summed E-state index contributed by atoms with van der Waals surface area (Å²) in [5.41, 5.74) is 2.68. The molecule has 3 amide bonds. The highest BCUT2D eigenvalue weighted by Gasteiger charge is 2.22. The fourth-order valence-corrected chi connectivity index (χ4v) is 2.93. The first kappa shape index (κ1) is 17.7. The second-order valence-corrected chi connectivity index (χ2v) is 6.34. The Morgan fingerprint density at radius 1 is 0.962 bits per heavy atom. The lowest BCUT2D eigenvalue weighted by Crippen LogP contribution is -2.48. The summed E-state index contributed by atoms with van der Waals surface area (Å²) in [6.07, 6.45) is 0.804. The molecule has 3 rings (SSSR count). The van der Waals surface area contributed by atoms with E-state index in [1.807, 2.05) is 31.2 Å². The van der Waals surface area contributed by atoms with Gasteiger partial charge in [-0.25, -0.2) is 0 Å². The molecular formula is C20H21N3O3. The van der Waals surface area contributed by atoms with Gasteiger partial charge in [0.25, 0.3) is 11.8 Å². The fourth-order valence-electron chi connectivity index (χ4n) is 2.93. The average molecular weight is 351 g/mol. The highest BCUT2D eigenvalue weighted by Crippen LogP contribution is 2.14. The van der Waals surface area contributed by atoms with Gasteiger partial charge < -0.3 is 15.1 Å². The van der Waals surface area contributed by atoms with E-state index in [1.165, 1.54) is 0 Å². The number of carbonyl (C=O) groups is 3. The number of aryl methyl sites for hydroxylation is 1.